The molecule has 0 amide bonds. The van der Waals surface area contributed by atoms with Gasteiger partial charge in [0, 0.05) is 28.0 Å². The van der Waals surface area contributed by atoms with Crippen molar-refractivity contribution < 1.29 is 0 Å². The molecule has 4 unspecified atom stereocenters. The number of anilines is 8. The second kappa shape index (κ2) is 11.6. The SMILES string of the molecule is C=C1CC2(C)c3ccccc3N3c4cc5ccccc5cc4N(c4ccccc4)C3C2(C)C2N(c3ccccc3)c3nc4ccccc4nc3N2c2ccccc21. The number of hydrogen-bond donors (Lipinski definition) is 0. The average Bonchev–Trinajstić information content (AvgIpc) is 3.77. The molecule has 274 valence electrons. The zero-order chi connectivity index (χ0) is 38.0. The van der Waals surface area contributed by atoms with E-state index in [0.29, 0.717) is 0 Å². The van der Waals surface area contributed by atoms with Gasteiger partial charge in [-0.25, -0.2) is 9.97 Å². The molecule has 4 aliphatic rings. The number of para-hydroxylation sites is 6. The number of hydrogen-bond acceptors (Lipinski definition) is 6. The van der Waals surface area contributed by atoms with Gasteiger partial charge in [0.05, 0.1) is 33.5 Å². The van der Waals surface area contributed by atoms with E-state index in [1.54, 1.807) is 0 Å². The molecule has 4 atom stereocenters. The first-order valence-electron chi connectivity index (χ1n) is 19.9. The van der Waals surface area contributed by atoms with E-state index in [1.807, 2.05) is 0 Å². The molecule has 57 heavy (non-hydrogen) atoms. The highest BCUT2D eigenvalue weighted by molar-refractivity contribution is 6.01. The Bertz CT molecular complexity index is 2950. The monoisotopic (exact) mass is 736 g/mol. The Kier molecular flexibility index (Phi) is 6.56. The van der Waals surface area contributed by atoms with Crippen molar-refractivity contribution in [1.82, 2.24) is 9.97 Å². The standard InChI is InChI=1S/C51H40N6/c1-33-32-50(2)39-25-13-17-29-43(39)56-45-31-35-19-11-10-18-34(35)30-44(45)54(36-20-6-4-7-21-36)48(56)51(50,3)49-55(37-22-8-5-9-23-37)46-47(53-41-27-15-14-26-40(41)52-46)57(49)42-28-16-12-24-38(33)42/h4-31,48-49H,1,32H2,2-3H3. The molecule has 12 rings (SSSR count). The van der Waals surface area contributed by atoms with Gasteiger partial charge in [-0.1, -0.05) is 130 Å². The van der Waals surface area contributed by atoms with Gasteiger partial charge < -0.3 is 19.6 Å². The van der Waals surface area contributed by atoms with Crippen LogP contribution < -0.4 is 19.6 Å². The summed E-state index contributed by atoms with van der Waals surface area (Å²) < 4.78 is 0. The molecule has 1 aromatic heterocycles. The topological polar surface area (TPSA) is 38.7 Å². The number of rotatable bonds is 2. The lowest BCUT2D eigenvalue weighted by Crippen LogP contribution is -2.71. The van der Waals surface area contributed by atoms with E-state index in [2.05, 4.69) is 203 Å². The van der Waals surface area contributed by atoms with Crippen molar-refractivity contribution in [3.05, 3.63) is 188 Å². The molecule has 0 saturated heterocycles. The third kappa shape index (κ3) is 4.19. The fourth-order valence-corrected chi connectivity index (χ4v) is 10.9. The van der Waals surface area contributed by atoms with E-state index >= 15 is 0 Å². The summed E-state index contributed by atoms with van der Waals surface area (Å²) in [6, 6.07) is 61.6. The highest BCUT2D eigenvalue weighted by atomic mass is 15.5. The zero-order valence-electron chi connectivity index (χ0n) is 31.9. The smallest absolute Gasteiger partial charge is 0.179 e. The van der Waals surface area contributed by atoms with Crippen molar-refractivity contribution >= 4 is 73.1 Å². The van der Waals surface area contributed by atoms with Crippen LogP contribution in [-0.2, 0) is 5.41 Å². The molecule has 5 heterocycles. The van der Waals surface area contributed by atoms with E-state index in [4.69, 9.17) is 16.5 Å². The molecule has 0 aliphatic carbocycles. The van der Waals surface area contributed by atoms with Gasteiger partial charge in [0.1, 0.15) is 12.3 Å². The first kappa shape index (κ1) is 32.3. The summed E-state index contributed by atoms with van der Waals surface area (Å²) in [6.45, 7) is 9.98. The van der Waals surface area contributed by atoms with Crippen molar-refractivity contribution in [2.45, 2.75) is 38.0 Å². The molecule has 6 nitrogen and oxygen atoms in total. The van der Waals surface area contributed by atoms with Gasteiger partial charge in [-0.05, 0) is 89.0 Å². The van der Waals surface area contributed by atoms with Crippen molar-refractivity contribution in [3.63, 3.8) is 0 Å². The molecule has 0 radical (unpaired) electrons. The lowest BCUT2D eigenvalue weighted by molar-refractivity contribution is 0.0792. The third-order valence-electron chi connectivity index (χ3n) is 13.5. The Morgan fingerprint density at radius 3 is 1.65 bits per heavy atom. The van der Waals surface area contributed by atoms with Gasteiger partial charge in [0.25, 0.3) is 0 Å². The van der Waals surface area contributed by atoms with Crippen LogP contribution in [0, 0.1) is 5.41 Å². The largest absolute Gasteiger partial charge is 0.317 e. The fourth-order valence-electron chi connectivity index (χ4n) is 10.9. The average molecular weight is 737 g/mol. The molecule has 8 aromatic rings. The predicted molar refractivity (Wildman–Crippen MR) is 234 cm³/mol. The highest BCUT2D eigenvalue weighted by Gasteiger charge is 2.69. The van der Waals surface area contributed by atoms with Crippen LogP contribution in [0.4, 0.5) is 45.8 Å². The van der Waals surface area contributed by atoms with Gasteiger partial charge in [-0.15, -0.1) is 0 Å². The summed E-state index contributed by atoms with van der Waals surface area (Å²) in [6.07, 6.45) is 0.281. The van der Waals surface area contributed by atoms with Crippen LogP contribution in [0.25, 0.3) is 27.4 Å². The maximum absolute atomic E-state index is 5.55. The minimum Gasteiger partial charge on any atom is -0.317 e. The molecule has 0 saturated carbocycles. The summed E-state index contributed by atoms with van der Waals surface area (Å²) in [5.74, 6) is 1.71. The highest BCUT2D eigenvalue weighted by Crippen LogP contribution is 2.69. The molecular weight excluding hydrogens is 697 g/mol. The molecule has 0 spiro atoms. The Labute approximate surface area is 332 Å². The van der Waals surface area contributed by atoms with Crippen molar-refractivity contribution in [3.8, 4) is 0 Å². The number of allylic oxidation sites excluding steroid dienone is 1. The normalized spacial score (nSPS) is 22.9. The second-order valence-electron chi connectivity index (χ2n) is 16.4. The number of nitrogens with zero attached hydrogens (tertiary/aromatic N) is 6. The molecule has 0 fully saturated rings. The minimum absolute atomic E-state index is 0.188. The molecule has 7 aromatic carbocycles. The van der Waals surface area contributed by atoms with Crippen LogP contribution in [0.2, 0.25) is 0 Å². The van der Waals surface area contributed by atoms with Gasteiger partial charge >= 0.3 is 0 Å². The Morgan fingerprint density at radius 1 is 0.491 bits per heavy atom. The maximum atomic E-state index is 5.55. The molecular formula is C51H40N6. The second-order valence-corrected chi connectivity index (χ2v) is 16.4. The van der Waals surface area contributed by atoms with Gasteiger partial charge in [0.2, 0.25) is 0 Å². The molecule has 4 aliphatic heterocycles. The summed E-state index contributed by atoms with van der Waals surface area (Å²) in [5, 5.41) is 2.45. The summed E-state index contributed by atoms with van der Waals surface area (Å²) in [5.41, 5.74) is 11.2. The Hall–Kier alpha value is -6.92. The van der Waals surface area contributed by atoms with E-state index in [-0.39, 0.29) is 12.3 Å². The van der Waals surface area contributed by atoms with Gasteiger partial charge in [0.15, 0.2) is 11.6 Å². The molecule has 0 bridgehead atoms. The van der Waals surface area contributed by atoms with E-state index in [9.17, 15) is 0 Å². The van der Waals surface area contributed by atoms with Crippen LogP contribution in [0.5, 0.6) is 0 Å². The number of fused-ring (bicyclic) bond motifs is 16. The van der Waals surface area contributed by atoms with E-state index in [1.165, 1.54) is 33.4 Å². The zero-order valence-corrected chi connectivity index (χ0v) is 31.9. The molecule has 0 N–H and O–H groups in total. The summed E-state index contributed by atoms with van der Waals surface area (Å²) in [7, 11) is 0. The van der Waals surface area contributed by atoms with Gasteiger partial charge in [-0.2, -0.15) is 0 Å². The van der Waals surface area contributed by atoms with Crippen LogP contribution in [0.15, 0.2) is 176 Å². The fraction of sp³-hybridized carbons (Fsp3) is 0.137. The van der Waals surface area contributed by atoms with E-state index in [0.717, 1.165) is 57.3 Å². The quantitative estimate of drug-likeness (QED) is 0.176. The third-order valence-corrected chi connectivity index (χ3v) is 13.5. The van der Waals surface area contributed by atoms with Gasteiger partial charge in [-0.3, -0.25) is 0 Å². The number of aromatic nitrogens is 2. The maximum Gasteiger partial charge on any atom is 0.179 e. The van der Waals surface area contributed by atoms with Crippen LogP contribution in [0.3, 0.4) is 0 Å². The van der Waals surface area contributed by atoms with Crippen molar-refractivity contribution in [2.75, 3.05) is 19.6 Å². The predicted octanol–water partition coefficient (Wildman–Crippen LogP) is 12.4. The Morgan fingerprint density at radius 2 is 0.982 bits per heavy atom. The van der Waals surface area contributed by atoms with Crippen LogP contribution in [-0.4, -0.2) is 22.3 Å². The van der Waals surface area contributed by atoms with Crippen LogP contribution in [0.1, 0.15) is 31.4 Å². The summed E-state index contributed by atoms with van der Waals surface area (Å²) in [4.78, 5) is 21.4. The van der Waals surface area contributed by atoms with E-state index < -0.39 is 10.8 Å². The van der Waals surface area contributed by atoms with Crippen LogP contribution >= 0.6 is 0 Å². The number of benzene rings is 7. The first-order chi connectivity index (χ1) is 28.0. The minimum atomic E-state index is -0.594. The Balaban J connectivity index is 1.25. The van der Waals surface area contributed by atoms with Crippen molar-refractivity contribution in [2.24, 2.45) is 5.41 Å². The first-order valence-corrected chi connectivity index (χ1v) is 19.9. The molecule has 6 heteroatoms. The lowest BCUT2D eigenvalue weighted by atomic mass is 9.52. The summed E-state index contributed by atoms with van der Waals surface area (Å²) >= 11 is 0. The van der Waals surface area contributed by atoms with Crippen molar-refractivity contribution in [1.29, 1.82) is 0 Å². The lowest BCUT2D eigenvalue weighted by Gasteiger charge is -2.64.